The van der Waals surface area contributed by atoms with E-state index in [2.05, 4.69) is 5.32 Å². The van der Waals surface area contributed by atoms with Crippen LogP contribution in [0.1, 0.15) is 18.1 Å². The number of aliphatic carboxylic acids is 1. The minimum Gasteiger partial charge on any atom is -0.479 e. The Bertz CT molecular complexity index is 942. The van der Waals surface area contributed by atoms with Crippen molar-refractivity contribution in [3.8, 4) is 6.07 Å². The summed E-state index contributed by atoms with van der Waals surface area (Å²) in [6, 6.07) is 22.3. The van der Waals surface area contributed by atoms with E-state index in [1.54, 1.807) is 31.2 Å². The molecule has 3 rings (SSSR count). The highest BCUT2D eigenvalue weighted by Gasteiger charge is 2.35. The van der Waals surface area contributed by atoms with E-state index < -0.39 is 11.5 Å². The molecule has 0 aliphatic heterocycles. The lowest BCUT2D eigenvalue weighted by atomic mass is 9.90. The molecular weight excluding hydrogens is 300 g/mol. The molecule has 0 bridgehead atoms. The predicted molar refractivity (Wildman–Crippen MR) is 93.7 cm³/mol. The maximum atomic E-state index is 12.0. The molecule has 0 radical (unpaired) electrons. The summed E-state index contributed by atoms with van der Waals surface area (Å²) in [5.41, 5.74) is 0.562. The monoisotopic (exact) mass is 316 g/mol. The quantitative estimate of drug-likeness (QED) is 0.759. The van der Waals surface area contributed by atoms with E-state index in [0.29, 0.717) is 16.8 Å². The van der Waals surface area contributed by atoms with Crippen molar-refractivity contribution in [3.05, 3.63) is 77.9 Å². The van der Waals surface area contributed by atoms with Gasteiger partial charge in [0.25, 0.3) is 0 Å². The fraction of sp³-hybridized carbons (Fsp3) is 0.100. The minimum absolute atomic E-state index is 0.531. The number of anilines is 1. The number of nitrogens with one attached hydrogen (secondary N) is 1. The second kappa shape index (κ2) is 6.05. The highest BCUT2D eigenvalue weighted by Crippen LogP contribution is 2.29. The normalized spacial score (nSPS) is 13.0. The number of benzene rings is 3. The number of hydrogen-bond donors (Lipinski definition) is 2. The van der Waals surface area contributed by atoms with Crippen LogP contribution >= 0.6 is 0 Å². The van der Waals surface area contributed by atoms with E-state index in [1.807, 2.05) is 48.5 Å². The lowest BCUT2D eigenvalue weighted by molar-refractivity contribution is -0.142. The van der Waals surface area contributed by atoms with Gasteiger partial charge in [-0.1, -0.05) is 36.4 Å². The van der Waals surface area contributed by atoms with Gasteiger partial charge in [-0.25, -0.2) is 4.79 Å². The standard InChI is InChI=1S/C20H16N2O2/c1-20(19(23)24,22-18-10-6-14(13-21)7-11-18)17-9-8-15-4-2-3-5-16(15)12-17/h2-12,22H,1H3,(H,23,24). The molecule has 0 fully saturated rings. The van der Waals surface area contributed by atoms with Crippen LogP contribution in [0.5, 0.6) is 0 Å². The second-order valence-electron chi connectivity index (χ2n) is 5.81. The summed E-state index contributed by atoms with van der Waals surface area (Å²) in [6.45, 7) is 1.64. The SMILES string of the molecule is CC(Nc1ccc(C#N)cc1)(C(=O)O)c1ccc2ccccc2c1. The number of nitrogens with zero attached hydrogens (tertiary/aromatic N) is 1. The zero-order valence-electron chi connectivity index (χ0n) is 13.2. The van der Waals surface area contributed by atoms with Crippen LogP contribution in [-0.2, 0) is 10.3 Å². The first-order valence-corrected chi connectivity index (χ1v) is 7.54. The Morgan fingerprint density at radius 1 is 1.04 bits per heavy atom. The molecule has 1 atom stereocenters. The summed E-state index contributed by atoms with van der Waals surface area (Å²) in [7, 11) is 0. The number of rotatable bonds is 4. The fourth-order valence-electron chi connectivity index (χ4n) is 2.67. The molecule has 0 aromatic heterocycles. The molecule has 4 heteroatoms. The van der Waals surface area contributed by atoms with Gasteiger partial charge in [0.2, 0.25) is 0 Å². The molecule has 0 saturated heterocycles. The molecule has 24 heavy (non-hydrogen) atoms. The maximum absolute atomic E-state index is 12.0. The summed E-state index contributed by atoms with van der Waals surface area (Å²) >= 11 is 0. The first-order valence-electron chi connectivity index (χ1n) is 7.54. The first-order chi connectivity index (χ1) is 11.5. The number of nitriles is 1. The van der Waals surface area contributed by atoms with E-state index in [0.717, 1.165) is 10.8 Å². The molecule has 3 aromatic rings. The Hall–Kier alpha value is -3.32. The highest BCUT2D eigenvalue weighted by atomic mass is 16.4. The van der Waals surface area contributed by atoms with Crippen molar-refractivity contribution in [3.63, 3.8) is 0 Å². The Balaban J connectivity index is 2.02. The van der Waals surface area contributed by atoms with Gasteiger partial charge in [-0.15, -0.1) is 0 Å². The third-order valence-corrected chi connectivity index (χ3v) is 4.16. The second-order valence-corrected chi connectivity index (χ2v) is 5.81. The number of fused-ring (bicyclic) bond motifs is 1. The van der Waals surface area contributed by atoms with Crippen molar-refractivity contribution in [2.45, 2.75) is 12.5 Å². The number of carbonyl (C=O) groups is 1. The fourth-order valence-corrected chi connectivity index (χ4v) is 2.67. The van der Waals surface area contributed by atoms with Crippen LogP contribution in [0.4, 0.5) is 5.69 Å². The Morgan fingerprint density at radius 3 is 2.33 bits per heavy atom. The van der Waals surface area contributed by atoms with Crippen molar-refractivity contribution in [1.82, 2.24) is 0 Å². The smallest absolute Gasteiger partial charge is 0.333 e. The summed E-state index contributed by atoms with van der Waals surface area (Å²) in [5, 5.41) is 23.8. The van der Waals surface area contributed by atoms with E-state index in [-0.39, 0.29) is 0 Å². The van der Waals surface area contributed by atoms with E-state index in [4.69, 9.17) is 5.26 Å². The van der Waals surface area contributed by atoms with Crippen molar-refractivity contribution in [1.29, 1.82) is 5.26 Å². The Morgan fingerprint density at radius 2 is 1.71 bits per heavy atom. The van der Waals surface area contributed by atoms with Gasteiger partial charge in [0.05, 0.1) is 11.6 Å². The lowest BCUT2D eigenvalue weighted by Gasteiger charge is -2.28. The van der Waals surface area contributed by atoms with Gasteiger partial charge >= 0.3 is 5.97 Å². The van der Waals surface area contributed by atoms with Gasteiger partial charge in [-0.3, -0.25) is 0 Å². The van der Waals surface area contributed by atoms with E-state index >= 15 is 0 Å². The van der Waals surface area contributed by atoms with Gasteiger partial charge in [-0.2, -0.15) is 5.26 Å². The lowest BCUT2D eigenvalue weighted by Crippen LogP contribution is -2.40. The predicted octanol–water partition coefficient (Wildman–Crippen LogP) is 4.12. The average Bonchev–Trinajstić information content (AvgIpc) is 2.61. The maximum Gasteiger partial charge on any atom is 0.333 e. The van der Waals surface area contributed by atoms with Crippen LogP contribution in [-0.4, -0.2) is 11.1 Å². The molecule has 0 saturated carbocycles. The van der Waals surface area contributed by atoms with Gasteiger partial charge in [-0.05, 0) is 53.6 Å². The van der Waals surface area contributed by atoms with E-state index in [9.17, 15) is 9.90 Å². The van der Waals surface area contributed by atoms with Gasteiger partial charge in [0.1, 0.15) is 0 Å². The Labute approximate surface area is 140 Å². The van der Waals surface area contributed by atoms with Crippen LogP contribution in [0.2, 0.25) is 0 Å². The van der Waals surface area contributed by atoms with Crippen LogP contribution < -0.4 is 5.32 Å². The largest absolute Gasteiger partial charge is 0.479 e. The summed E-state index contributed by atoms with van der Waals surface area (Å²) in [6.07, 6.45) is 0. The number of hydrogen-bond acceptors (Lipinski definition) is 3. The molecule has 3 aromatic carbocycles. The van der Waals surface area contributed by atoms with Crippen LogP contribution in [0.25, 0.3) is 10.8 Å². The minimum atomic E-state index is -1.28. The van der Waals surface area contributed by atoms with E-state index in [1.165, 1.54) is 0 Å². The molecule has 0 heterocycles. The summed E-state index contributed by atoms with van der Waals surface area (Å²) in [4.78, 5) is 12.0. The molecule has 0 aliphatic carbocycles. The van der Waals surface area contributed by atoms with Gasteiger partial charge < -0.3 is 10.4 Å². The van der Waals surface area contributed by atoms with Gasteiger partial charge in [0, 0.05) is 5.69 Å². The van der Waals surface area contributed by atoms with Crippen molar-refractivity contribution in [2.24, 2.45) is 0 Å². The number of carboxylic acids is 1. The molecule has 2 N–H and O–H groups in total. The molecule has 4 nitrogen and oxygen atoms in total. The van der Waals surface area contributed by atoms with Gasteiger partial charge in [0.15, 0.2) is 5.54 Å². The Kier molecular flexibility index (Phi) is 3.93. The van der Waals surface area contributed by atoms with Crippen LogP contribution in [0.3, 0.4) is 0 Å². The molecular formula is C20H16N2O2. The van der Waals surface area contributed by atoms with Crippen molar-refractivity contribution < 1.29 is 9.90 Å². The summed E-state index contributed by atoms with van der Waals surface area (Å²) < 4.78 is 0. The first kappa shape index (κ1) is 15.6. The zero-order valence-corrected chi connectivity index (χ0v) is 13.2. The summed E-state index contributed by atoms with van der Waals surface area (Å²) in [5.74, 6) is -0.970. The third-order valence-electron chi connectivity index (χ3n) is 4.16. The number of carboxylic acid groups (broad SMARTS) is 1. The molecule has 0 amide bonds. The highest BCUT2D eigenvalue weighted by molar-refractivity contribution is 5.88. The van der Waals surface area contributed by atoms with Crippen LogP contribution in [0.15, 0.2) is 66.7 Å². The zero-order chi connectivity index (χ0) is 17.2. The average molecular weight is 316 g/mol. The molecule has 118 valence electrons. The van der Waals surface area contributed by atoms with Crippen LogP contribution in [0, 0.1) is 11.3 Å². The van der Waals surface area contributed by atoms with Crippen molar-refractivity contribution in [2.75, 3.05) is 5.32 Å². The third kappa shape index (κ3) is 2.80. The van der Waals surface area contributed by atoms with Crippen molar-refractivity contribution >= 4 is 22.4 Å². The molecule has 0 aliphatic rings. The topological polar surface area (TPSA) is 73.1 Å². The molecule has 1 unspecified atom stereocenters. The molecule has 0 spiro atoms.